The summed E-state index contributed by atoms with van der Waals surface area (Å²) in [6.07, 6.45) is 5.53. The van der Waals surface area contributed by atoms with Crippen molar-refractivity contribution < 1.29 is 0 Å². The molecule has 1 aliphatic rings. The molecule has 2 N–H and O–H groups in total. The zero-order valence-corrected chi connectivity index (χ0v) is 12.6. The van der Waals surface area contributed by atoms with Crippen LogP contribution in [0.15, 0.2) is 18.2 Å². The van der Waals surface area contributed by atoms with Crippen molar-refractivity contribution in [2.75, 3.05) is 0 Å². The lowest BCUT2D eigenvalue weighted by Crippen LogP contribution is -2.48. The quantitative estimate of drug-likeness (QED) is 0.827. The molecule has 0 spiro atoms. The fourth-order valence-corrected chi connectivity index (χ4v) is 3.58. The van der Waals surface area contributed by atoms with E-state index in [1.54, 1.807) is 0 Å². The second-order valence-electron chi connectivity index (χ2n) is 6.48. The molecule has 18 heavy (non-hydrogen) atoms. The van der Waals surface area contributed by atoms with E-state index in [9.17, 15) is 0 Å². The van der Waals surface area contributed by atoms with Crippen molar-refractivity contribution in [1.82, 2.24) is 0 Å². The lowest BCUT2D eigenvalue weighted by molar-refractivity contribution is 0.151. The molecule has 1 aromatic carbocycles. The smallest absolute Gasteiger partial charge is 0.0595 e. The van der Waals surface area contributed by atoms with Crippen LogP contribution in [0.3, 0.4) is 0 Å². The first kappa shape index (κ1) is 14.2. The normalized spacial score (nSPS) is 27.2. The lowest BCUT2D eigenvalue weighted by Gasteiger charge is -2.42. The maximum Gasteiger partial charge on any atom is 0.0595 e. The summed E-state index contributed by atoms with van der Waals surface area (Å²) in [6.45, 7) is 4.62. The van der Waals surface area contributed by atoms with Gasteiger partial charge in [-0.2, -0.15) is 0 Å². The molecule has 0 saturated heterocycles. The van der Waals surface area contributed by atoms with Gasteiger partial charge < -0.3 is 5.73 Å². The minimum atomic E-state index is -0.0983. The Balaban J connectivity index is 2.14. The summed E-state index contributed by atoms with van der Waals surface area (Å²) in [5.41, 5.74) is 8.02. The predicted molar refractivity (Wildman–Crippen MR) is 79.3 cm³/mol. The van der Waals surface area contributed by atoms with Gasteiger partial charge in [-0.25, -0.2) is 0 Å². The summed E-state index contributed by atoms with van der Waals surface area (Å²) in [6, 6.07) is 5.83. The highest BCUT2D eigenvalue weighted by Gasteiger charge is 2.36. The summed E-state index contributed by atoms with van der Waals surface area (Å²) in [5, 5.41) is 1.23. The first-order valence-electron chi connectivity index (χ1n) is 6.53. The van der Waals surface area contributed by atoms with Crippen molar-refractivity contribution in [2.24, 2.45) is 11.1 Å². The molecule has 1 aromatic rings. The third-order valence-electron chi connectivity index (χ3n) is 3.90. The van der Waals surface area contributed by atoms with Gasteiger partial charge in [-0.15, -0.1) is 0 Å². The Kier molecular flexibility index (Phi) is 3.96. The topological polar surface area (TPSA) is 26.0 Å². The van der Waals surface area contributed by atoms with Crippen molar-refractivity contribution in [3.63, 3.8) is 0 Å². The molecule has 1 unspecified atom stereocenters. The van der Waals surface area contributed by atoms with Crippen molar-refractivity contribution in [3.8, 4) is 0 Å². The molecule has 0 amide bonds. The van der Waals surface area contributed by atoms with Crippen LogP contribution in [0.25, 0.3) is 0 Å². The zero-order chi connectivity index (χ0) is 13.4. The predicted octanol–water partition coefficient (Wildman–Crippen LogP) is 4.83. The highest BCUT2D eigenvalue weighted by Crippen LogP contribution is 2.41. The van der Waals surface area contributed by atoms with Crippen molar-refractivity contribution in [3.05, 3.63) is 33.8 Å². The molecule has 3 heteroatoms. The van der Waals surface area contributed by atoms with E-state index in [0.29, 0.717) is 15.5 Å². The molecule has 1 fully saturated rings. The van der Waals surface area contributed by atoms with Crippen LogP contribution < -0.4 is 5.73 Å². The summed E-state index contributed by atoms with van der Waals surface area (Å²) in [5.74, 6) is 0. The highest BCUT2D eigenvalue weighted by molar-refractivity contribution is 6.42. The highest BCUT2D eigenvalue weighted by atomic mass is 35.5. The van der Waals surface area contributed by atoms with Crippen LogP contribution in [0.5, 0.6) is 0 Å². The average molecular weight is 286 g/mol. The minimum absolute atomic E-state index is 0.0983. The van der Waals surface area contributed by atoms with E-state index in [4.69, 9.17) is 28.9 Å². The fraction of sp³-hybridized carbons (Fsp3) is 0.600. The van der Waals surface area contributed by atoms with E-state index in [2.05, 4.69) is 13.8 Å². The first-order valence-corrected chi connectivity index (χ1v) is 7.28. The van der Waals surface area contributed by atoms with Crippen LogP contribution >= 0.6 is 23.2 Å². The fourth-order valence-electron chi connectivity index (χ4n) is 3.26. The van der Waals surface area contributed by atoms with E-state index < -0.39 is 0 Å². The monoisotopic (exact) mass is 285 g/mol. The van der Waals surface area contributed by atoms with Crippen LogP contribution in [-0.4, -0.2) is 5.54 Å². The third-order valence-corrected chi connectivity index (χ3v) is 4.64. The molecule has 0 bridgehead atoms. The Bertz CT molecular complexity index is 442. The number of benzene rings is 1. The molecule has 0 aromatic heterocycles. The second-order valence-corrected chi connectivity index (χ2v) is 7.30. The lowest BCUT2D eigenvalue weighted by atomic mass is 9.66. The molecule has 1 nitrogen and oxygen atoms in total. The van der Waals surface area contributed by atoms with Crippen LogP contribution in [0.4, 0.5) is 0 Å². The van der Waals surface area contributed by atoms with Gasteiger partial charge in [0.15, 0.2) is 0 Å². The van der Waals surface area contributed by atoms with Crippen LogP contribution in [0.1, 0.15) is 45.1 Å². The van der Waals surface area contributed by atoms with Crippen molar-refractivity contribution >= 4 is 23.2 Å². The Labute approximate surface area is 120 Å². The molecule has 2 rings (SSSR count). The minimum Gasteiger partial charge on any atom is -0.325 e. The van der Waals surface area contributed by atoms with Crippen LogP contribution in [0, 0.1) is 5.41 Å². The summed E-state index contributed by atoms with van der Waals surface area (Å²) in [7, 11) is 0. The molecule has 1 atom stereocenters. The van der Waals surface area contributed by atoms with Gasteiger partial charge in [0.25, 0.3) is 0 Å². The van der Waals surface area contributed by atoms with E-state index in [0.717, 1.165) is 19.3 Å². The zero-order valence-electron chi connectivity index (χ0n) is 11.1. The summed E-state index contributed by atoms with van der Waals surface area (Å²) >= 11 is 12.0. The number of halogens is 2. The maximum atomic E-state index is 6.58. The van der Waals surface area contributed by atoms with E-state index in [-0.39, 0.29) is 5.54 Å². The van der Waals surface area contributed by atoms with Gasteiger partial charge in [0.1, 0.15) is 0 Å². The number of nitrogens with two attached hydrogens (primary N) is 1. The molecule has 0 radical (unpaired) electrons. The number of hydrogen-bond donors (Lipinski definition) is 1. The maximum absolute atomic E-state index is 6.58. The molecule has 0 aliphatic heterocycles. The molecular weight excluding hydrogens is 265 g/mol. The Morgan fingerprint density at radius 2 is 1.89 bits per heavy atom. The molecular formula is C15H21Cl2N. The standard InChI is InChI=1S/C15H21Cl2N/c1-14(2)6-3-7-15(18,10-14)9-11-4-5-12(16)13(17)8-11/h4-5,8H,3,6-7,9-10,18H2,1-2H3. The van der Waals surface area contributed by atoms with Gasteiger partial charge in [-0.3, -0.25) is 0 Å². The van der Waals surface area contributed by atoms with Crippen LogP contribution in [-0.2, 0) is 6.42 Å². The Morgan fingerprint density at radius 3 is 2.50 bits per heavy atom. The average Bonchev–Trinajstić information content (AvgIpc) is 2.21. The molecule has 100 valence electrons. The van der Waals surface area contributed by atoms with Gasteiger partial charge in [-0.05, 0) is 48.8 Å². The van der Waals surface area contributed by atoms with E-state index in [1.807, 2.05) is 18.2 Å². The van der Waals surface area contributed by atoms with E-state index >= 15 is 0 Å². The van der Waals surface area contributed by atoms with Crippen LogP contribution in [0.2, 0.25) is 10.0 Å². The van der Waals surface area contributed by atoms with Gasteiger partial charge in [-0.1, -0.05) is 49.5 Å². The Morgan fingerprint density at radius 1 is 1.17 bits per heavy atom. The third kappa shape index (κ3) is 3.40. The summed E-state index contributed by atoms with van der Waals surface area (Å²) < 4.78 is 0. The Hall–Kier alpha value is -0.240. The number of rotatable bonds is 2. The SMILES string of the molecule is CC1(C)CCCC(N)(Cc2ccc(Cl)c(Cl)c2)C1. The van der Waals surface area contributed by atoms with Gasteiger partial charge >= 0.3 is 0 Å². The van der Waals surface area contributed by atoms with Crippen molar-refractivity contribution in [1.29, 1.82) is 0 Å². The summed E-state index contributed by atoms with van der Waals surface area (Å²) in [4.78, 5) is 0. The van der Waals surface area contributed by atoms with Crippen molar-refractivity contribution in [2.45, 2.75) is 51.5 Å². The first-order chi connectivity index (χ1) is 8.30. The van der Waals surface area contributed by atoms with Gasteiger partial charge in [0.2, 0.25) is 0 Å². The molecule has 1 aliphatic carbocycles. The molecule has 0 heterocycles. The number of hydrogen-bond acceptors (Lipinski definition) is 1. The van der Waals surface area contributed by atoms with E-state index in [1.165, 1.54) is 18.4 Å². The van der Waals surface area contributed by atoms with Gasteiger partial charge in [0, 0.05) is 5.54 Å². The largest absolute Gasteiger partial charge is 0.325 e. The molecule has 1 saturated carbocycles. The second kappa shape index (κ2) is 5.03. The van der Waals surface area contributed by atoms with Gasteiger partial charge in [0.05, 0.1) is 10.0 Å².